The molecule has 1 aliphatic rings. The van der Waals surface area contributed by atoms with E-state index in [2.05, 4.69) is 42.5 Å². The van der Waals surface area contributed by atoms with Crippen LogP contribution in [-0.4, -0.2) is 31.6 Å². The Morgan fingerprint density at radius 2 is 2.16 bits per heavy atom. The molecule has 0 saturated heterocycles. The molecule has 1 aliphatic carbocycles. The van der Waals surface area contributed by atoms with Crippen LogP contribution < -0.4 is 0 Å². The van der Waals surface area contributed by atoms with Gasteiger partial charge in [-0.1, -0.05) is 39.5 Å². The van der Waals surface area contributed by atoms with Gasteiger partial charge in [-0.25, -0.2) is 0 Å². The lowest BCUT2D eigenvalue weighted by Crippen LogP contribution is -2.11. The molecule has 2 rings (SSSR count). The second kappa shape index (κ2) is 5.15. The summed E-state index contributed by atoms with van der Waals surface area (Å²) in [5.74, 6) is 1.17. The maximum atomic E-state index is 10.7. The van der Waals surface area contributed by atoms with E-state index >= 15 is 0 Å². The summed E-state index contributed by atoms with van der Waals surface area (Å²) in [5.41, 5.74) is 0.302. The average molecular weight is 283 g/mol. The third-order valence-corrected chi connectivity index (χ3v) is 4.39. The summed E-state index contributed by atoms with van der Waals surface area (Å²) in [6.45, 7) is 9.60. The Labute approximate surface area is 117 Å². The highest BCUT2D eigenvalue weighted by Crippen LogP contribution is 2.58. The SMILES string of the molecule is CC(C)Cn1c(SCC(=O)O)nnc1C1CC1(C)C. The van der Waals surface area contributed by atoms with Crippen LogP contribution in [0, 0.1) is 11.3 Å². The van der Waals surface area contributed by atoms with Gasteiger partial charge in [-0.05, 0) is 17.8 Å². The van der Waals surface area contributed by atoms with Crippen LogP contribution in [0.5, 0.6) is 0 Å². The first kappa shape index (κ1) is 14.4. The average Bonchev–Trinajstić information content (AvgIpc) is 2.74. The third-order valence-electron chi connectivity index (χ3n) is 3.44. The molecule has 0 aliphatic heterocycles. The number of thioether (sulfide) groups is 1. The molecule has 1 heterocycles. The highest BCUT2D eigenvalue weighted by atomic mass is 32.2. The van der Waals surface area contributed by atoms with E-state index in [1.54, 1.807) is 0 Å². The van der Waals surface area contributed by atoms with Crippen molar-refractivity contribution in [2.75, 3.05) is 5.75 Å². The van der Waals surface area contributed by atoms with Gasteiger partial charge in [-0.2, -0.15) is 0 Å². The molecular formula is C13H21N3O2S. The Balaban J connectivity index is 2.21. The molecule has 1 aromatic heterocycles. The second-order valence-corrected chi connectivity index (χ2v) is 7.22. The van der Waals surface area contributed by atoms with Crippen LogP contribution in [0.4, 0.5) is 0 Å². The van der Waals surface area contributed by atoms with Gasteiger partial charge in [0, 0.05) is 12.5 Å². The Morgan fingerprint density at radius 1 is 1.53 bits per heavy atom. The molecule has 1 fully saturated rings. The lowest BCUT2D eigenvalue weighted by molar-refractivity contribution is -0.133. The van der Waals surface area contributed by atoms with Crippen molar-refractivity contribution in [2.45, 2.75) is 51.7 Å². The van der Waals surface area contributed by atoms with Gasteiger partial charge in [-0.15, -0.1) is 10.2 Å². The van der Waals surface area contributed by atoms with Gasteiger partial charge < -0.3 is 9.67 Å². The quantitative estimate of drug-likeness (QED) is 0.813. The van der Waals surface area contributed by atoms with Gasteiger partial charge in [-0.3, -0.25) is 4.79 Å². The van der Waals surface area contributed by atoms with E-state index in [0.29, 0.717) is 17.3 Å². The molecule has 1 saturated carbocycles. The van der Waals surface area contributed by atoms with E-state index < -0.39 is 5.97 Å². The maximum absolute atomic E-state index is 10.7. The van der Waals surface area contributed by atoms with E-state index in [0.717, 1.165) is 23.9 Å². The number of rotatable bonds is 6. The molecule has 1 N–H and O–H groups in total. The highest BCUT2D eigenvalue weighted by molar-refractivity contribution is 7.99. The zero-order valence-corrected chi connectivity index (χ0v) is 12.7. The fourth-order valence-corrected chi connectivity index (χ4v) is 2.91. The molecule has 19 heavy (non-hydrogen) atoms. The van der Waals surface area contributed by atoms with Crippen molar-refractivity contribution in [3.63, 3.8) is 0 Å². The third kappa shape index (κ3) is 3.29. The van der Waals surface area contributed by atoms with Crippen molar-refractivity contribution in [2.24, 2.45) is 11.3 Å². The van der Waals surface area contributed by atoms with Gasteiger partial charge in [0.15, 0.2) is 5.16 Å². The Hall–Kier alpha value is -1.04. The maximum Gasteiger partial charge on any atom is 0.313 e. The van der Waals surface area contributed by atoms with Crippen LogP contribution in [0.15, 0.2) is 5.16 Å². The molecular weight excluding hydrogens is 262 g/mol. The fourth-order valence-electron chi connectivity index (χ4n) is 2.24. The van der Waals surface area contributed by atoms with Crippen LogP contribution in [0.25, 0.3) is 0 Å². The number of hydrogen-bond donors (Lipinski definition) is 1. The first-order valence-electron chi connectivity index (χ1n) is 6.59. The van der Waals surface area contributed by atoms with Crippen LogP contribution >= 0.6 is 11.8 Å². The Morgan fingerprint density at radius 3 is 2.63 bits per heavy atom. The lowest BCUT2D eigenvalue weighted by Gasteiger charge is -2.12. The van der Waals surface area contributed by atoms with Gasteiger partial charge >= 0.3 is 5.97 Å². The summed E-state index contributed by atoms with van der Waals surface area (Å²) in [5, 5.41) is 18.0. The van der Waals surface area contributed by atoms with E-state index in [1.807, 2.05) is 0 Å². The first-order chi connectivity index (χ1) is 8.81. The lowest BCUT2D eigenvalue weighted by atomic mass is 10.1. The summed E-state index contributed by atoms with van der Waals surface area (Å²) in [6.07, 6.45) is 1.13. The Bertz CT molecular complexity index is 482. The van der Waals surface area contributed by atoms with Gasteiger partial charge in [0.05, 0.1) is 5.75 Å². The number of nitrogens with zero attached hydrogens (tertiary/aromatic N) is 3. The molecule has 1 unspecified atom stereocenters. The van der Waals surface area contributed by atoms with Gasteiger partial charge in [0.25, 0.3) is 0 Å². The molecule has 0 amide bonds. The largest absolute Gasteiger partial charge is 0.481 e. The minimum Gasteiger partial charge on any atom is -0.481 e. The molecule has 0 spiro atoms. The number of carboxylic acid groups (broad SMARTS) is 1. The first-order valence-corrected chi connectivity index (χ1v) is 7.57. The number of hydrogen-bond acceptors (Lipinski definition) is 4. The van der Waals surface area contributed by atoms with E-state index in [1.165, 1.54) is 11.8 Å². The number of carboxylic acids is 1. The van der Waals surface area contributed by atoms with Crippen molar-refractivity contribution < 1.29 is 9.90 Å². The number of aliphatic carboxylic acids is 1. The molecule has 0 radical (unpaired) electrons. The molecule has 5 nitrogen and oxygen atoms in total. The molecule has 1 aromatic rings. The van der Waals surface area contributed by atoms with E-state index in [4.69, 9.17) is 5.11 Å². The van der Waals surface area contributed by atoms with Gasteiger partial charge in [0.2, 0.25) is 0 Å². The standard InChI is InChI=1S/C13H21N3O2S/c1-8(2)6-16-11(9-5-13(9,3)4)14-15-12(16)19-7-10(17)18/h8-9H,5-7H2,1-4H3,(H,17,18). The van der Waals surface area contributed by atoms with Crippen LogP contribution in [-0.2, 0) is 11.3 Å². The normalized spacial score (nSPS) is 20.8. The van der Waals surface area contributed by atoms with E-state index in [9.17, 15) is 4.79 Å². The fraction of sp³-hybridized carbons (Fsp3) is 0.769. The highest BCUT2D eigenvalue weighted by Gasteiger charge is 2.49. The van der Waals surface area contributed by atoms with Crippen molar-refractivity contribution in [3.8, 4) is 0 Å². The topological polar surface area (TPSA) is 68.0 Å². The predicted octanol–water partition coefficient (Wildman–Crippen LogP) is 2.62. The molecule has 106 valence electrons. The van der Waals surface area contributed by atoms with Crippen molar-refractivity contribution in [1.82, 2.24) is 14.8 Å². The summed E-state index contributed by atoms with van der Waals surface area (Å²) in [7, 11) is 0. The van der Waals surface area contributed by atoms with Crippen molar-refractivity contribution in [3.05, 3.63) is 5.82 Å². The molecule has 1 atom stereocenters. The van der Waals surface area contributed by atoms with E-state index in [-0.39, 0.29) is 5.75 Å². The van der Waals surface area contributed by atoms with Crippen LogP contribution in [0.1, 0.15) is 45.9 Å². The van der Waals surface area contributed by atoms with Crippen molar-refractivity contribution in [1.29, 1.82) is 0 Å². The zero-order valence-electron chi connectivity index (χ0n) is 11.9. The van der Waals surface area contributed by atoms with Crippen molar-refractivity contribution >= 4 is 17.7 Å². The second-order valence-electron chi connectivity index (χ2n) is 6.27. The Kier molecular flexibility index (Phi) is 3.90. The molecule has 6 heteroatoms. The predicted molar refractivity (Wildman–Crippen MR) is 74.4 cm³/mol. The summed E-state index contributed by atoms with van der Waals surface area (Å²) >= 11 is 1.25. The minimum absolute atomic E-state index is 0.0320. The summed E-state index contributed by atoms with van der Waals surface area (Å²) in [6, 6.07) is 0. The minimum atomic E-state index is -0.822. The smallest absolute Gasteiger partial charge is 0.313 e. The number of aromatic nitrogens is 3. The van der Waals surface area contributed by atoms with Crippen LogP contribution in [0.2, 0.25) is 0 Å². The van der Waals surface area contributed by atoms with Crippen LogP contribution in [0.3, 0.4) is 0 Å². The summed E-state index contributed by atoms with van der Waals surface area (Å²) in [4.78, 5) is 10.7. The monoisotopic (exact) mass is 283 g/mol. The molecule has 0 aromatic carbocycles. The zero-order chi connectivity index (χ0) is 14.2. The molecule has 0 bridgehead atoms. The summed E-state index contributed by atoms with van der Waals surface area (Å²) < 4.78 is 2.11. The van der Waals surface area contributed by atoms with Gasteiger partial charge in [0.1, 0.15) is 5.82 Å². The number of carbonyl (C=O) groups is 1.